The van der Waals surface area contributed by atoms with E-state index >= 15 is 0 Å². The Balaban J connectivity index is -0.0000000641. The first-order chi connectivity index (χ1) is 7.33. The molecule has 0 aliphatic carbocycles. The average molecular weight is 339 g/mol. The predicted molar refractivity (Wildman–Crippen MR) is 54.0 cm³/mol. The Morgan fingerprint density at radius 3 is 1.65 bits per heavy atom. The molecule has 0 rings (SSSR count). The van der Waals surface area contributed by atoms with E-state index in [9.17, 15) is 9.90 Å². The van der Waals surface area contributed by atoms with Crippen molar-refractivity contribution >= 4 is 23.3 Å². The van der Waals surface area contributed by atoms with Gasteiger partial charge in [0.25, 0.3) is 0 Å². The van der Waals surface area contributed by atoms with E-state index in [-0.39, 0.29) is 94.1 Å². The van der Waals surface area contributed by atoms with Crippen molar-refractivity contribution in [3.63, 3.8) is 0 Å². The second kappa shape index (κ2) is 23.3. The van der Waals surface area contributed by atoms with E-state index in [0.29, 0.717) is 0 Å². The molecule has 0 fully saturated rings. The third kappa shape index (κ3) is 18.1. The molecule has 0 saturated carbocycles. The monoisotopic (exact) mass is 339 g/mol. The molecule has 0 aliphatic heterocycles. The molecular formula is C7H12NNa3O8S. The smallest absolute Gasteiger partial charge is 0.870 e. The number of carboxylic acids is 1. The van der Waals surface area contributed by atoms with Crippen LogP contribution in [0.2, 0.25) is 0 Å². The Bertz CT molecular complexity index is 256. The maximum absolute atomic E-state index is 9.98. The SMILES string of the molecule is O=C([O-])[C@H](O)[C@@H](O)[C@H](O)[C@H](O)CO.[N-]=C=S.[Na+].[Na+].[Na+].[OH-]. The largest absolute Gasteiger partial charge is 1.00 e. The van der Waals surface area contributed by atoms with Gasteiger partial charge in [-0.2, -0.15) is 5.16 Å². The minimum Gasteiger partial charge on any atom is -0.870 e. The van der Waals surface area contributed by atoms with Crippen LogP contribution in [0.5, 0.6) is 0 Å². The number of hydrogen-bond donors (Lipinski definition) is 5. The molecule has 20 heavy (non-hydrogen) atoms. The summed E-state index contributed by atoms with van der Waals surface area (Å²) >= 11 is 3.70. The quantitative estimate of drug-likeness (QED) is 0.184. The zero-order valence-electron chi connectivity index (χ0n) is 11.4. The Morgan fingerprint density at radius 1 is 1.15 bits per heavy atom. The number of aliphatic hydroxyl groups excluding tert-OH is 5. The van der Waals surface area contributed by atoms with Gasteiger partial charge in [0, 0.05) is 0 Å². The molecule has 0 aromatic rings. The van der Waals surface area contributed by atoms with Gasteiger partial charge in [0.1, 0.15) is 24.4 Å². The Kier molecular flexibility index (Phi) is 44.2. The molecule has 0 radical (unpaired) electrons. The topological polar surface area (TPSA) is 194 Å². The van der Waals surface area contributed by atoms with Crippen molar-refractivity contribution in [3.8, 4) is 0 Å². The molecule has 0 aromatic carbocycles. The number of carboxylic acid groups (broad SMARTS) is 1. The number of carbonyl (C=O) groups excluding carboxylic acids is 1. The van der Waals surface area contributed by atoms with Crippen molar-refractivity contribution in [1.82, 2.24) is 0 Å². The molecule has 0 aromatic heterocycles. The summed E-state index contributed by atoms with van der Waals surface area (Å²) in [4.78, 5) is 9.98. The standard InChI is InChI=1S/C6H12O7.CNS.3Na.H2O/c7-1-2(8)3(9)4(10)5(11)6(12)13;2-1-3;;;;/h2-5,7-11H,1H2,(H,12,13);;;;;1H2/q;-1;3*+1;/p-2/t2-,3-,4+,5-;;;;;/m1...../s1. The molecule has 6 N–H and O–H groups in total. The van der Waals surface area contributed by atoms with Gasteiger partial charge in [-0.25, -0.2) is 0 Å². The minimum atomic E-state index is -2.31. The van der Waals surface area contributed by atoms with Gasteiger partial charge in [-0.3, -0.25) is 0 Å². The molecule has 13 heteroatoms. The average Bonchev–Trinajstić information content (AvgIpc) is 2.25. The second-order valence-electron chi connectivity index (χ2n) is 2.59. The third-order valence-electron chi connectivity index (χ3n) is 1.50. The van der Waals surface area contributed by atoms with Gasteiger partial charge < -0.3 is 46.3 Å². The van der Waals surface area contributed by atoms with Crippen LogP contribution < -0.4 is 93.8 Å². The number of isothiocyanates is 1. The molecular weight excluding hydrogens is 327 g/mol. The summed E-state index contributed by atoms with van der Waals surface area (Å²) in [5.74, 6) is -1.98. The molecule has 0 aliphatic rings. The van der Waals surface area contributed by atoms with Gasteiger partial charge in [-0.1, -0.05) is 12.2 Å². The van der Waals surface area contributed by atoms with Crippen molar-refractivity contribution in [2.45, 2.75) is 24.4 Å². The van der Waals surface area contributed by atoms with E-state index in [1.807, 2.05) is 0 Å². The zero-order chi connectivity index (χ0) is 13.3. The summed E-state index contributed by atoms with van der Waals surface area (Å²) in [6.45, 7) is -0.863. The Morgan fingerprint density at radius 2 is 1.45 bits per heavy atom. The molecule has 0 unspecified atom stereocenters. The molecule has 0 amide bonds. The van der Waals surface area contributed by atoms with E-state index in [2.05, 4.69) is 12.2 Å². The van der Waals surface area contributed by atoms with Crippen LogP contribution in [0, 0.1) is 0 Å². The predicted octanol–water partition coefficient (Wildman–Crippen LogP) is -13.3. The van der Waals surface area contributed by atoms with Gasteiger partial charge in [0.05, 0.1) is 12.6 Å². The van der Waals surface area contributed by atoms with Gasteiger partial charge in [-0.15, -0.1) is 0 Å². The molecule has 102 valence electrons. The summed E-state index contributed by atoms with van der Waals surface area (Å²) < 4.78 is 0. The van der Waals surface area contributed by atoms with Gasteiger partial charge in [-0.05, 0) is 0 Å². The fourth-order valence-corrected chi connectivity index (χ4v) is 0.662. The maximum atomic E-state index is 9.98. The first-order valence-corrected chi connectivity index (χ1v) is 4.29. The van der Waals surface area contributed by atoms with Crippen molar-refractivity contribution in [3.05, 3.63) is 5.41 Å². The molecule has 0 saturated heterocycles. The molecule has 0 heterocycles. The molecule has 0 bridgehead atoms. The molecule has 4 atom stereocenters. The summed E-state index contributed by atoms with van der Waals surface area (Å²) in [7, 11) is 0. The van der Waals surface area contributed by atoms with Crippen LogP contribution in [0.1, 0.15) is 0 Å². The molecule has 9 nitrogen and oxygen atoms in total. The van der Waals surface area contributed by atoms with Crippen LogP contribution in [0.4, 0.5) is 0 Å². The second-order valence-corrected chi connectivity index (χ2v) is 2.77. The number of carbonyl (C=O) groups is 1. The summed E-state index contributed by atoms with van der Waals surface area (Å²) in [6, 6.07) is 0. The fourth-order valence-electron chi connectivity index (χ4n) is 0.662. The van der Waals surface area contributed by atoms with Crippen LogP contribution >= 0.6 is 12.2 Å². The van der Waals surface area contributed by atoms with E-state index in [1.54, 1.807) is 0 Å². The number of hydrogen-bond acceptors (Lipinski definition) is 9. The number of aliphatic carboxylic acids is 1. The number of rotatable bonds is 5. The summed E-state index contributed by atoms with van der Waals surface area (Å²) in [5, 5.41) is 61.9. The van der Waals surface area contributed by atoms with Crippen LogP contribution in [-0.2, 0) is 4.79 Å². The van der Waals surface area contributed by atoms with E-state index in [4.69, 9.17) is 30.9 Å². The Hall–Kier alpha value is 2.03. The van der Waals surface area contributed by atoms with Gasteiger partial charge >= 0.3 is 88.7 Å². The number of aliphatic hydroxyl groups is 5. The van der Waals surface area contributed by atoms with E-state index in [1.165, 1.54) is 5.16 Å². The van der Waals surface area contributed by atoms with Crippen LogP contribution in [0.3, 0.4) is 0 Å². The number of thiocarbonyl (C=S) groups is 1. The molecule has 0 spiro atoms. The van der Waals surface area contributed by atoms with Crippen molar-refractivity contribution in [1.29, 1.82) is 0 Å². The third-order valence-corrected chi connectivity index (χ3v) is 1.50. The van der Waals surface area contributed by atoms with Crippen molar-refractivity contribution < 1.29 is 130 Å². The van der Waals surface area contributed by atoms with Gasteiger partial charge in [0.2, 0.25) is 0 Å². The first-order valence-electron chi connectivity index (χ1n) is 3.88. The fraction of sp³-hybridized carbons (Fsp3) is 0.714. The summed E-state index contributed by atoms with van der Waals surface area (Å²) in [5.41, 5.74) is 0. The summed E-state index contributed by atoms with van der Waals surface area (Å²) in [6.07, 6.45) is -8.08. The van der Waals surface area contributed by atoms with E-state index in [0.717, 1.165) is 0 Å². The van der Waals surface area contributed by atoms with Gasteiger partial charge in [0.15, 0.2) is 0 Å². The zero-order valence-corrected chi connectivity index (χ0v) is 18.2. The maximum Gasteiger partial charge on any atom is 1.00 e. The minimum absolute atomic E-state index is 0. The Labute approximate surface area is 187 Å². The van der Waals surface area contributed by atoms with Crippen molar-refractivity contribution in [2.75, 3.05) is 6.61 Å². The van der Waals surface area contributed by atoms with E-state index < -0.39 is 37.0 Å². The van der Waals surface area contributed by atoms with Crippen LogP contribution in [-0.4, -0.2) is 73.2 Å². The first kappa shape index (κ1) is 37.9. The van der Waals surface area contributed by atoms with Crippen molar-refractivity contribution in [2.24, 2.45) is 0 Å². The normalized spacial score (nSPS) is 13.7. The number of nitrogens with zero attached hydrogens (tertiary/aromatic N) is 1. The van der Waals surface area contributed by atoms with Crippen LogP contribution in [0.15, 0.2) is 0 Å². The van der Waals surface area contributed by atoms with Crippen LogP contribution in [0.25, 0.3) is 5.41 Å².